The summed E-state index contributed by atoms with van der Waals surface area (Å²) in [6.45, 7) is 3.46. The van der Waals surface area contributed by atoms with Crippen LogP contribution in [0.25, 0.3) is 10.8 Å². The molecule has 0 fully saturated rings. The number of benzene rings is 2. The van der Waals surface area contributed by atoms with E-state index in [1.807, 2.05) is 24.3 Å². The Labute approximate surface area is 161 Å². The summed E-state index contributed by atoms with van der Waals surface area (Å²) in [5.41, 5.74) is 0. The van der Waals surface area contributed by atoms with Crippen molar-refractivity contribution in [2.24, 2.45) is 0 Å². The van der Waals surface area contributed by atoms with Crippen molar-refractivity contribution in [3.8, 4) is 11.5 Å². The molecule has 0 atom stereocenters. The maximum absolute atomic E-state index is 6.44. The normalized spacial score (nSPS) is 11.0. The molecular weight excluding hydrogens is 355 g/mol. The summed E-state index contributed by atoms with van der Waals surface area (Å²) in [4.78, 5) is 0. The van der Waals surface area contributed by atoms with Crippen molar-refractivity contribution in [1.82, 2.24) is 0 Å². The Bertz CT molecular complexity index is 643. The van der Waals surface area contributed by atoms with Gasteiger partial charge in [0.2, 0.25) is 0 Å². The van der Waals surface area contributed by atoms with Crippen LogP contribution in [0.5, 0.6) is 11.5 Å². The number of fused-ring (bicyclic) bond motifs is 1. The highest BCUT2D eigenvalue weighted by Crippen LogP contribution is 2.39. The predicted molar refractivity (Wildman–Crippen MR) is 109 cm³/mol. The molecule has 0 aliphatic rings. The van der Waals surface area contributed by atoms with Crippen LogP contribution in [0.3, 0.4) is 0 Å². The first-order chi connectivity index (χ1) is 12.3. The second-order valence-corrected chi connectivity index (χ2v) is 7.02. The topological polar surface area (TPSA) is 18.5 Å². The number of hydrogen-bond donors (Lipinski definition) is 0. The van der Waals surface area contributed by atoms with Gasteiger partial charge in [0.15, 0.2) is 0 Å². The first-order valence-corrected chi connectivity index (χ1v) is 10.2. The number of rotatable bonds is 12. The molecule has 0 aromatic heterocycles. The maximum Gasteiger partial charge on any atom is 0.145 e. The molecule has 0 heterocycles. The fourth-order valence-corrected chi connectivity index (χ4v) is 3.28. The molecular formula is C21H28Cl2O2. The van der Waals surface area contributed by atoms with Crippen LogP contribution in [0.1, 0.15) is 51.9 Å². The molecule has 138 valence electrons. The Morgan fingerprint density at radius 2 is 1.52 bits per heavy atom. The molecule has 2 rings (SSSR count). The van der Waals surface area contributed by atoms with Crippen LogP contribution in [0.2, 0.25) is 5.02 Å². The molecule has 2 nitrogen and oxygen atoms in total. The number of unbranched alkanes of at least 4 members (excludes halogenated alkanes) is 5. The van der Waals surface area contributed by atoms with E-state index in [2.05, 4.69) is 13.0 Å². The number of alkyl halides is 1. The van der Waals surface area contributed by atoms with Crippen molar-refractivity contribution in [2.45, 2.75) is 51.9 Å². The minimum Gasteiger partial charge on any atom is -0.493 e. The summed E-state index contributed by atoms with van der Waals surface area (Å²) < 4.78 is 11.9. The molecule has 0 unspecified atom stereocenters. The van der Waals surface area contributed by atoms with E-state index in [4.69, 9.17) is 32.7 Å². The third-order valence-electron chi connectivity index (χ3n) is 4.15. The fourth-order valence-electron chi connectivity index (χ4n) is 2.84. The predicted octanol–water partition coefficient (Wildman–Crippen LogP) is 7.24. The molecule has 0 N–H and O–H groups in total. The molecule has 0 saturated heterocycles. The molecule has 25 heavy (non-hydrogen) atoms. The van der Waals surface area contributed by atoms with E-state index >= 15 is 0 Å². The summed E-state index contributed by atoms with van der Waals surface area (Å²) >= 11 is 12.1. The zero-order valence-corrected chi connectivity index (χ0v) is 16.5. The third-order valence-corrected chi connectivity index (χ3v) is 4.70. The second kappa shape index (κ2) is 11.5. The average molecular weight is 383 g/mol. The Hall–Kier alpha value is -1.12. The fraction of sp³-hybridized carbons (Fsp3) is 0.524. The van der Waals surface area contributed by atoms with Crippen LogP contribution in [-0.2, 0) is 0 Å². The summed E-state index contributed by atoms with van der Waals surface area (Å²) in [6, 6.07) is 10.0. The average Bonchev–Trinajstić information content (AvgIpc) is 2.63. The molecule has 0 aliphatic carbocycles. The molecule has 0 saturated carbocycles. The highest BCUT2D eigenvalue weighted by molar-refractivity contribution is 6.33. The van der Waals surface area contributed by atoms with Gasteiger partial charge < -0.3 is 9.47 Å². The molecule has 0 bridgehead atoms. The van der Waals surface area contributed by atoms with E-state index in [0.29, 0.717) is 18.2 Å². The summed E-state index contributed by atoms with van der Waals surface area (Å²) in [7, 11) is 0. The van der Waals surface area contributed by atoms with Crippen molar-refractivity contribution in [3.05, 3.63) is 35.4 Å². The van der Waals surface area contributed by atoms with Crippen LogP contribution in [-0.4, -0.2) is 19.1 Å². The minimum atomic E-state index is 0.614. The smallest absolute Gasteiger partial charge is 0.145 e. The van der Waals surface area contributed by atoms with Gasteiger partial charge in [0.1, 0.15) is 11.5 Å². The van der Waals surface area contributed by atoms with Gasteiger partial charge in [-0.3, -0.25) is 0 Å². The van der Waals surface area contributed by atoms with Gasteiger partial charge in [-0.25, -0.2) is 0 Å². The zero-order valence-electron chi connectivity index (χ0n) is 15.0. The van der Waals surface area contributed by atoms with Gasteiger partial charge in [-0.1, -0.05) is 68.5 Å². The SMILES string of the molecule is CCCOc1c(Cl)cc(OCCCCCCCCCl)c2ccccc12. The molecule has 2 aromatic rings. The monoisotopic (exact) mass is 382 g/mol. The third kappa shape index (κ3) is 6.27. The van der Waals surface area contributed by atoms with E-state index in [1.165, 1.54) is 25.7 Å². The molecule has 0 aliphatic heterocycles. The van der Waals surface area contributed by atoms with E-state index in [1.54, 1.807) is 0 Å². The number of hydrogen-bond acceptors (Lipinski definition) is 2. The lowest BCUT2D eigenvalue weighted by molar-refractivity contribution is 0.305. The maximum atomic E-state index is 6.44. The first kappa shape index (κ1) is 20.2. The number of halogens is 2. The summed E-state index contributed by atoms with van der Waals surface area (Å²) in [5.74, 6) is 2.37. The summed E-state index contributed by atoms with van der Waals surface area (Å²) in [5, 5.41) is 2.68. The molecule has 0 radical (unpaired) electrons. The van der Waals surface area contributed by atoms with E-state index in [9.17, 15) is 0 Å². The van der Waals surface area contributed by atoms with Crippen molar-refractivity contribution in [1.29, 1.82) is 0 Å². The van der Waals surface area contributed by atoms with E-state index < -0.39 is 0 Å². The van der Waals surface area contributed by atoms with E-state index in [0.717, 1.165) is 47.4 Å². The van der Waals surface area contributed by atoms with Crippen LogP contribution in [0, 0.1) is 0 Å². The van der Waals surface area contributed by atoms with Crippen molar-refractivity contribution in [2.75, 3.05) is 19.1 Å². The van der Waals surface area contributed by atoms with Gasteiger partial charge in [-0.15, -0.1) is 11.6 Å². The van der Waals surface area contributed by atoms with Crippen molar-refractivity contribution >= 4 is 34.0 Å². The largest absolute Gasteiger partial charge is 0.493 e. The minimum absolute atomic E-state index is 0.614. The van der Waals surface area contributed by atoms with Gasteiger partial charge in [0.05, 0.1) is 18.2 Å². The van der Waals surface area contributed by atoms with Crippen molar-refractivity contribution in [3.63, 3.8) is 0 Å². The summed E-state index contributed by atoms with van der Waals surface area (Å²) in [6.07, 6.45) is 8.04. The molecule has 0 spiro atoms. The highest BCUT2D eigenvalue weighted by atomic mass is 35.5. The first-order valence-electron chi connectivity index (χ1n) is 9.30. The van der Waals surface area contributed by atoms with Crippen molar-refractivity contribution < 1.29 is 9.47 Å². The Balaban J connectivity index is 1.95. The van der Waals surface area contributed by atoms with Gasteiger partial charge in [-0.2, -0.15) is 0 Å². The zero-order chi connectivity index (χ0) is 17.9. The van der Waals surface area contributed by atoms with Crippen LogP contribution >= 0.6 is 23.2 Å². The Morgan fingerprint density at radius 1 is 0.840 bits per heavy atom. The highest BCUT2D eigenvalue weighted by Gasteiger charge is 2.12. The lowest BCUT2D eigenvalue weighted by atomic mass is 10.1. The Morgan fingerprint density at radius 3 is 2.24 bits per heavy atom. The lowest BCUT2D eigenvalue weighted by Crippen LogP contribution is -2.00. The van der Waals surface area contributed by atoms with Gasteiger partial charge in [-0.05, 0) is 19.3 Å². The van der Waals surface area contributed by atoms with Gasteiger partial charge >= 0.3 is 0 Å². The van der Waals surface area contributed by atoms with Gasteiger partial charge in [0.25, 0.3) is 0 Å². The van der Waals surface area contributed by atoms with Crippen LogP contribution in [0.4, 0.5) is 0 Å². The quantitative estimate of drug-likeness (QED) is 0.284. The second-order valence-electron chi connectivity index (χ2n) is 6.24. The molecule has 4 heteroatoms. The van der Waals surface area contributed by atoms with E-state index in [-0.39, 0.29) is 0 Å². The molecule has 0 amide bonds. The van der Waals surface area contributed by atoms with Crippen LogP contribution in [0.15, 0.2) is 30.3 Å². The number of ether oxygens (including phenoxy) is 2. The lowest BCUT2D eigenvalue weighted by Gasteiger charge is -2.15. The molecule has 2 aromatic carbocycles. The standard InChI is InChI=1S/C21H28Cl2O2/c1-2-14-25-21-18-12-8-7-11-17(18)20(16-19(21)23)24-15-10-6-4-3-5-9-13-22/h7-8,11-12,16H,2-6,9-10,13-15H2,1H3. The van der Waals surface area contributed by atoms with Crippen LogP contribution < -0.4 is 9.47 Å². The Kier molecular flexibility index (Phi) is 9.28. The van der Waals surface area contributed by atoms with Gasteiger partial charge in [0, 0.05) is 22.7 Å².